The third-order valence-corrected chi connectivity index (χ3v) is 7.36. The molecule has 0 spiro atoms. The summed E-state index contributed by atoms with van der Waals surface area (Å²) in [6.07, 6.45) is -10.2. The van der Waals surface area contributed by atoms with Gasteiger partial charge in [-0.3, -0.25) is 9.09 Å². The van der Waals surface area contributed by atoms with Gasteiger partial charge < -0.3 is 34.1 Å². The molecule has 1 aliphatic rings. The fourth-order valence-corrected chi connectivity index (χ4v) is 5.07. The number of rotatable bonds is 11. The van der Waals surface area contributed by atoms with Gasteiger partial charge in [-0.25, -0.2) is 22.5 Å². The molecule has 42 heavy (non-hydrogen) atoms. The van der Waals surface area contributed by atoms with Crippen LogP contribution in [0.5, 0.6) is 23.0 Å². The number of methoxy groups -OCH3 is 2. The van der Waals surface area contributed by atoms with Crippen molar-refractivity contribution in [2.24, 2.45) is 0 Å². The molecule has 0 radical (unpaired) electrons. The standard InChI is InChI=1S/C24H23F5N3O9P/c1-36-13-3-7-15(8-4-13)40-42(35,41-16-9-5-14(37-2)6-10-16)38-12-23(20(26)27)19(33)24(28,29)21(39-23)32-11-17(25)18(30)31-22(32)34/h3-11,19-21,33H,12H2,1-2H3,(H2,30,31,34). The first-order valence-corrected chi connectivity index (χ1v) is 13.2. The average molecular weight is 623 g/mol. The first kappa shape index (κ1) is 31.0. The number of phosphoric acid groups is 1. The van der Waals surface area contributed by atoms with Gasteiger partial charge in [0.1, 0.15) is 23.0 Å². The summed E-state index contributed by atoms with van der Waals surface area (Å²) in [5.41, 5.74) is -0.0718. The van der Waals surface area contributed by atoms with Gasteiger partial charge in [0.25, 0.3) is 6.43 Å². The number of ether oxygens (including phenoxy) is 3. The first-order chi connectivity index (χ1) is 19.7. The van der Waals surface area contributed by atoms with E-state index >= 15 is 8.78 Å². The number of aliphatic hydroxyl groups is 1. The minimum Gasteiger partial charge on any atom is -0.497 e. The highest BCUT2D eigenvalue weighted by Gasteiger charge is 2.71. The molecule has 1 aliphatic heterocycles. The van der Waals surface area contributed by atoms with E-state index in [1.54, 1.807) is 0 Å². The Hall–Kier alpha value is -3.92. The Bertz CT molecular complexity index is 1460. The third kappa shape index (κ3) is 5.99. The van der Waals surface area contributed by atoms with Gasteiger partial charge in [0.2, 0.25) is 6.23 Å². The van der Waals surface area contributed by atoms with Gasteiger partial charge in [0.15, 0.2) is 23.3 Å². The summed E-state index contributed by atoms with van der Waals surface area (Å²) in [4.78, 5) is 15.2. The number of benzene rings is 2. The van der Waals surface area contributed by atoms with Crippen LogP contribution in [0.25, 0.3) is 0 Å². The molecule has 3 N–H and O–H groups in total. The predicted molar refractivity (Wildman–Crippen MR) is 133 cm³/mol. The van der Waals surface area contributed by atoms with Gasteiger partial charge >= 0.3 is 19.4 Å². The minimum absolute atomic E-state index is 0.152. The summed E-state index contributed by atoms with van der Waals surface area (Å²) in [5, 5.41) is 10.4. The van der Waals surface area contributed by atoms with Crippen molar-refractivity contribution >= 4 is 13.6 Å². The largest absolute Gasteiger partial charge is 0.587 e. The zero-order chi connectivity index (χ0) is 30.9. The maximum Gasteiger partial charge on any atom is 0.587 e. The van der Waals surface area contributed by atoms with Crippen LogP contribution in [0, 0.1) is 5.82 Å². The van der Waals surface area contributed by atoms with Crippen molar-refractivity contribution in [1.82, 2.24) is 9.55 Å². The quantitative estimate of drug-likeness (QED) is 0.237. The van der Waals surface area contributed by atoms with Crippen LogP contribution in [0.2, 0.25) is 0 Å². The summed E-state index contributed by atoms with van der Waals surface area (Å²) < 4.78 is 117. The van der Waals surface area contributed by atoms with Crippen LogP contribution in [-0.2, 0) is 13.8 Å². The SMILES string of the molecule is COc1ccc(OP(=O)(OCC2(C(F)F)OC(n3cc(F)c(N)nc3=O)C(F)(F)C2O)Oc2ccc(OC)cc2)cc1. The van der Waals surface area contributed by atoms with Crippen LogP contribution in [0.15, 0.2) is 59.5 Å². The van der Waals surface area contributed by atoms with Gasteiger partial charge in [-0.1, -0.05) is 0 Å². The number of hydrogen-bond acceptors (Lipinski definition) is 11. The monoisotopic (exact) mass is 623 g/mol. The molecule has 2 heterocycles. The van der Waals surface area contributed by atoms with E-state index in [9.17, 15) is 27.6 Å². The van der Waals surface area contributed by atoms with Crippen molar-refractivity contribution in [2.75, 3.05) is 26.6 Å². The van der Waals surface area contributed by atoms with Crippen molar-refractivity contribution in [2.45, 2.75) is 30.3 Å². The van der Waals surface area contributed by atoms with Crippen molar-refractivity contribution < 1.29 is 59.4 Å². The highest BCUT2D eigenvalue weighted by molar-refractivity contribution is 7.49. The lowest BCUT2D eigenvalue weighted by atomic mass is 9.96. The predicted octanol–water partition coefficient (Wildman–Crippen LogP) is 3.79. The van der Waals surface area contributed by atoms with Gasteiger partial charge in [-0.05, 0) is 48.5 Å². The average Bonchev–Trinajstić information content (AvgIpc) is 3.16. The number of halogens is 5. The Balaban J connectivity index is 1.68. The topological polar surface area (TPSA) is 154 Å². The second-order valence-electron chi connectivity index (χ2n) is 8.72. The lowest BCUT2D eigenvalue weighted by Crippen LogP contribution is -2.54. The van der Waals surface area contributed by atoms with Crippen LogP contribution in [0.3, 0.4) is 0 Å². The Morgan fingerprint density at radius 1 is 1.02 bits per heavy atom. The second-order valence-corrected chi connectivity index (χ2v) is 10.2. The fraction of sp³-hybridized carbons (Fsp3) is 0.333. The highest BCUT2D eigenvalue weighted by Crippen LogP contribution is 2.55. The number of anilines is 1. The molecule has 0 bridgehead atoms. The van der Waals surface area contributed by atoms with Crippen LogP contribution in [0.1, 0.15) is 6.23 Å². The number of hydrogen-bond donors (Lipinski definition) is 2. The van der Waals surface area contributed by atoms with Gasteiger partial charge in [-0.2, -0.15) is 13.8 Å². The van der Waals surface area contributed by atoms with E-state index in [4.69, 9.17) is 33.5 Å². The van der Waals surface area contributed by atoms with E-state index < -0.39 is 62.0 Å². The first-order valence-electron chi connectivity index (χ1n) is 11.7. The number of aromatic nitrogens is 2. The Morgan fingerprint density at radius 2 is 1.50 bits per heavy atom. The Kier molecular flexibility index (Phi) is 8.68. The second kappa shape index (κ2) is 11.8. The third-order valence-electron chi connectivity index (χ3n) is 6.05. The van der Waals surface area contributed by atoms with Crippen molar-refractivity contribution in [3.05, 3.63) is 71.0 Å². The summed E-state index contributed by atoms with van der Waals surface area (Å²) >= 11 is 0. The molecule has 228 valence electrons. The van der Waals surface area contributed by atoms with Crippen molar-refractivity contribution in [3.8, 4) is 23.0 Å². The summed E-state index contributed by atoms with van der Waals surface area (Å²) in [6.45, 7) is -1.72. The zero-order valence-electron chi connectivity index (χ0n) is 21.7. The number of nitrogens with two attached hydrogens (primary N) is 1. The van der Waals surface area contributed by atoms with E-state index in [1.807, 2.05) is 0 Å². The van der Waals surface area contributed by atoms with Gasteiger partial charge in [0.05, 0.1) is 27.0 Å². The number of alkyl halides is 4. The van der Waals surface area contributed by atoms with E-state index in [-0.39, 0.29) is 22.3 Å². The molecule has 2 aromatic carbocycles. The molecular weight excluding hydrogens is 600 g/mol. The zero-order valence-corrected chi connectivity index (χ0v) is 22.6. The molecular formula is C24H23F5N3O9P. The van der Waals surface area contributed by atoms with Gasteiger partial charge in [0, 0.05) is 0 Å². The van der Waals surface area contributed by atoms with Crippen molar-refractivity contribution in [3.63, 3.8) is 0 Å². The summed E-state index contributed by atoms with van der Waals surface area (Å²) in [5.74, 6) is -6.66. The molecule has 1 aromatic heterocycles. The van der Waals surface area contributed by atoms with Crippen LogP contribution < -0.4 is 29.9 Å². The minimum atomic E-state index is -5.04. The number of nitrogen functional groups attached to an aromatic ring is 1. The smallest absolute Gasteiger partial charge is 0.497 e. The maximum absolute atomic E-state index is 15.2. The van der Waals surface area contributed by atoms with E-state index in [0.29, 0.717) is 11.5 Å². The van der Waals surface area contributed by atoms with Crippen LogP contribution in [-0.4, -0.2) is 59.5 Å². The van der Waals surface area contributed by atoms with Gasteiger partial charge in [-0.15, -0.1) is 0 Å². The van der Waals surface area contributed by atoms with Crippen LogP contribution >= 0.6 is 7.82 Å². The fourth-order valence-electron chi connectivity index (χ4n) is 3.81. The molecule has 1 saturated heterocycles. The van der Waals surface area contributed by atoms with E-state index in [2.05, 4.69) is 4.98 Å². The molecule has 3 atom stereocenters. The highest BCUT2D eigenvalue weighted by atomic mass is 31.2. The van der Waals surface area contributed by atoms with Crippen molar-refractivity contribution in [1.29, 1.82) is 0 Å². The number of nitrogens with zero attached hydrogens (tertiary/aromatic N) is 2. The maximum atomic E-state index is 15.2. The molecule has 0 aliphatic carbocycles. The number of phosphoric ester groups is 1. The molecule has 18 heteroatoms. The molecule has 4 rings (SSSR count). The molecule has 1 fully saturated rings. The molecule has 3 unspecified atom stereocenters. The summed E-state index contributed by atoms with van der Waals surface area (Å²) in [7, 11) is -2.29. The molecule has 0 saturated carbocycles. The Labute approximate surface area is 233 Å². The normalized spacial score (nSPS) is 21.7. The van der Waals surface area contributed by atoms with Crippen LogP contribution in [0.4, 0.5) is 27.8 Å². The van der Waals surface area contributed by atoms with E-state index in [0.717, 1.165) is 0 Å². The number of aliphatic hydroxyl groups excluding tert-OH is 1. The lowest BCUT2D eigenvalue weighted by Gasteiger charge is -2.31. The summed E-state index contributed by atoms with van der Waals surface area (Å²) in [6, 6.07) is 10.6. The molecule has 0 amide bonds. The Morgan fingerprint density at radius 3 is 1.95 bits per heavy atom. The lowest BCUT2D eigenvalue weighted by molar-refractivity contribution is -0.193. The molecule has 3 aromatic rings. The van der Waals surface area contributed by atoms with E-state index in [1.165, 1.54) is 62.8 Å². The molecule has 12 nitrogen and oxygen atoms in total.